The number of carbonyl (C=O) groups excluding carboxylic acids is 3. The van der Waals surface area contributed by atoms with Crippen molar-refractivity contribution in [2.45, 2.75) is 20.3 Å². The maximum absolute atomic E-state index is 11.3. The number of carbonyl (C=O) groups is 3. The Morgan fingerprint density at radius 3 is 2.45 bits per heavy atom. The van der Waals surface area contributed by atoms with E-state index in [4.69, 9.17) is 14.2 Å². The van der Waals surface area contributed by atoms with Crippen molar-refractivity contribution in [1.29, 1.82) is 0 Å². The Labute approximate surface area is 134 Å². The Bertz CT molecular complexity index is 386. The van der Waals surface area contributed by atoms with Crippen molar-refractivity contribution in [1.82, 2.24) is 5.32 Å². The first kappa shape index (κ1) is 20.3. The molecular weight excluding hydrogens is 310 g/mol. The lowest BCUT2D eigenvalue weighted by atomic mass is 10.4. The number of ether oxygens (including phenoxy) is 3. The molecule has 0 radical (unpaired) electrons. The minimum atomic E-state index is -0.680. The van der Waals surface area contributed by atoms with Gasteiger partial charge in [-0.2, -0.15) is 11.8 Å². The largest absolute Gasteiger partial charge is 0.465 e. The quantitative estimate of drug-likeness (QED) is 0.265. The summed E-state index contributed by atoms with van der Waals surface area (Å²) in [5, 5.41) is 2.39. The molecule has 0 saturated heterocycles. The number of thioether (sulfide) groups is 1. The van der Waals surface area contributed by atoms with Crippen LogP contribution in [0.2, 0.25) is 0 Å². The van der Waals surface area contributed by atoms with Crippen molar-refractivity contribution >= 4 is 29.8 Å². The van der Waals surface area contributed by atoms with Crippen LogP contribution in [0.25, 0.3) is 0 Å². The molecule has 0 saturated carbocycles. The van der Waals surface area contributed by atoms with Crippen LogP contribution in [-0.2, 0) is 23.8 Å². The lowest BCUT2D eigenvalue weighted by molar-refractivity contribution is -0.143. The van der Waals surface area contributed by atoms with Crippen LogP contribution >= 0.6 is 11.8 Å². The van der Waals surface area contributed by atoms with Gasteiger partial charge >= 0.3 is 18.0 Å². The Morgan fingerprint density at radius 2 is 1.82 bits per heavy atom. The van der Waals surface area contributed by atoms with Gasteiger partial charge in [-0.15, -0.1) is 0 Å². The van der Waals surface area contributed by atoms with Crippen molar-refractivity contribution in [3.63, 3.8) is 0 Å². The van der Waals surface area contributed by atoms with Gasteiger partial charge in [0.05, 0.1) is 13.0 Å². The number of amides is 1. The number of hydrogen-bond acceptors (Lipinski definition) is 7. The summed E-state index contributed by atoms with van der Waals surface area (Å²) in [6, 6.07) is 0. The lowest BCUT2D eigenvalue weighted by Crippen LogP contribution is -2.29. The number of nitrogens with one attached hydrogen (secondary N) is 1. The van der Waals surface area contributed by atoms with Crippen molar-refractivity contribution < 1.29 is 28.6 Å². The molecule has 1 N–H and O–H groups in total. The predicted octanol–water partition coefficient (Wildman–Crippen LogP) is 1.52. The summed E-state index contributed by atoms with van der Waals surface area (Å²) in [5.74, 6) is 0.814. The van der Waals surface area contributed by atoms with Gasteiger partial charge in [-0.3, -0.25) is 4.79 Å². The molecule has 0 fully saturated rings. The van der Waals surface area contributed by atoms with E-state index in [1.54, 1.807) is 11.8 Å². The second kappa shape index (κ2) is 13.0. The fourth-order valence-corrected chi connectivity index (χ4v) is 1.62. The molecule has 22 heavy (non-hydrogen) atoms. The molecule has 0 aromatic carbocycles. The molecule has 0 aliphatic rings. The number of esters is 2. The van der Waals surface area contributed by atoms with E-state index in [0.717, 1.165) is 11.5 Å². The standard InChI is InChI=1S/C14H23NO6S/c1-4-22-10-9-19-12(16)5-7-21-14(18)15-6-8-20-13(17)11(2)3/h2,4-10H2,1,3H3,(H,15,18). The molecule has 0 atom stereocenters. The molecule has 0 aromatic heterocycles. The van der Waals surface area contributed by atoms with E-state index in [1.807, 2.05) is 6.92 Å². The van der Waals surface area contributed by atoms with Gasteiger partial charge in [-0.1, -0.05) is 13.5 Å². The smallest absolute Gasteiger partial charge is 0.407 e. The number of hydrogen-bond donors (Lipinski definition) is 1. The molecule has 0 aromatic rings. The zero-order valence-electron chi connectivity index (χ0n) is 13.0. The molecule has 7 nitrogen and oxygen atoms in total. The highest BCUT2D eigenvalue weighted by Gasteiger charge is 2.07. The molecule has 0 heterocycles. The van der Waals surface area contributed by atoms with Crippen LogP contribution in [0.4, 0.5) is 4.79 Å². The molecular formula is C14H23NO6S. The summed E-state index contributed by atoms with van der Waals surface area (Å²) in [7, 11) is 0. The van der Waals surface area contributed by atoms with Crippen LogP contribution in [0.15, 0.2) is 12.2 Å². The van der Waals surface area contributed by atoms with E-state index in [9.17, 15) is 14.4 Å². The van der Waals surface area contributed by atoms with Gasteiger partial charge in [-0.05, 0) is 12.7 Å². The first-order chi connectivity index (χ1) is 10.5. The van der Waals surface area contributed by atoms with Gasteiger partial charge in [-0.25, -0.2) is 9.59 Å². The van der Waals surface area contributed by atoms with E-state index in [1.165, 1.54) is 6.92 Å². The highest BCUT2D eigenvalue weighted by atomic mass is 32.2. The summed E-state index contributed by atoms with van der Waals surface area (Å²) < 4.78 is 14.5. The van der Waals surface area contributed by atoms with Crippen LogP contribution in [-0.4, -0.2) is 55.9 Å². The molecule has 0 aliphatic heterocycles. The number of alkyl carbamates (subject to hydrolysis) is 1. The molecule has 126 valence electrons. The van der Waals surface area contributed by atoms with E-state index in [2.05, 4.69) is 11.9 Å². The van der Waals surface area contributed by atoms with E-state index < -0.39 is 18.0 Å². The normalized spacial score (nSPS) is 9.73. The van der Waals surface area contributed by atoms with Gasteiger partial charge in [0.2, 0.25) is 0 Å². The third kappa shape index (κ3) is 12.1. The van der Waals surface area contributed by atoms with Gasteiger partial charge in [0, 0.05) is 11.3 Å². The maximum atomic E-state index is 11.3. The third-order valence-corrected chi connectivity index (χ3v) is 3.05. The maximum Gasteiger partial charge on any atom is 0.407 e. The van der Waals surface area contributed by atoms with E-state index in [0.29, 0.717) is 12.2 Å². The number of rotatable bonds is 11. The molecule has 0 spiro atoms. The minimum absolute atomic E-state index is 0.00879. The molecule has 0 aliphatic carbocycles. The zero-order chi connectivity index (χ0) is 16.8. The first-order valence-corrected chi connectivity index (χ1v) is 8.09. The molecule has 0 rings (SSSR count). The van der Waals surface area contributed by atoms with Gasteiger partial charge < -0.3 is 19.5 Å². The summed E-state index contributed by atoms with van der Waals surface area (Å²) in [6.07, 6.45) is -0.671. The molecule has 0 bridgehead atoms. The Morgan fingerprint density at radius 1 is 1.09 bits per heavy atom. The summed E-state index contributed by atoms with van der Waals surface area (Å²) >= 11 is 1.68. The van der Waals surface area contributed by atoms with Gasteiger partial charge in [0.15, 0.2) is 0 Å². The minimum Gasteiger partial charge on any atom is -0.465 e. The van der Waals surface area contributed by atoms with Crippen LogP contribution in [0.3, 0.4) is 0 Å². The Kier molecular flexibility index (Phi) is 12.0. The highest BCUT2D eigenvalue weighted by molar-refractivity contribution is 7.99. The lowest BCUT2D eigenvalue weighted by Gasteiger charge is -2.08. The average Bonchev–Trinajstić information content (AvgIpc) is 2.47. The summed E-state index contributed by atoms with van der Waals surface area (Å²) in [5.41, 5.74) is 0.290. The molecule has 8 heteroatoms. The average molecular weight is 333 g/mol. The van der Waals surface area contributed by atoms with Crippen molar-refractivity contribution in [2.24, 2.45) is 0 Å². The predicted molar refractivity (Wildman–Crippen MR) is 83.7 cm³/mol. The Balaban J connectivity index is 3.51. The SMILES string of the molecule is C=C(C)C(=O)OCCNC(=O)OCCC(=O)OCCSCC. The summed E-state index contributed by atoms with van der Waals surface area (Å²) in [4.78, 5) is 33.6. The first-order valence-electron chi connectivity index (χ1n) is 6.94. The van der Waals surface area contributed by atoms with Crippen LogP contribution < -0.4 is 5.32 Å². The monoisotopic (exact) mass is 333 g/mol. The van der Waals surface area contributed by atoms with Gasteiger partial charge in [0.25, 0.3) is 0 Å². The zero-order valence-corrected chi connectivity index (χ0v) is 13.8. The van der Waals surface area contributed by atoms with Crippen LogP contribution in [0, 0.1) is 0 Å². The van der Waals surface area contributed by atoms with Crippen molar-refractivity contribution in [3.05, 3.63) is 12.2 Å². The fraction of sp³-hybridized carbons (Fsp3) is 0.643. The topological polar surface area (TPSA) is 90.9 Å². The third-order valence-electron chi connectivity index (χ3n) is 2.19. The summed E-state index contributed by atoms with van der Waals surface area (Å²) in [6.45, 7) is 7.43. The van der Waals surface area contributed by atoms with Crippen LogP contribution in [0.1, 0.15) is 20.3 Å². The fourth-order valence-electron chi connectivity index (χ4n) is 1.13. The second-order valence-electron chi connectivity index (χ2n) is 4.15. The van der Waals surface area contributed by atoms with Crippen molar-refractivity contribution in [2.75, 3.05) is 37.9 Å². The molecule has 0 unspecified atom stereocenters. The van der Waals surface area contributed by atoms with E-state index in [-0.39, 0.29) is 26.2 Å². The Hall–Kier alpha value is -1.70. The second-order valence-corrected chi connectivity index (χ2v) is 5.54. The van der Waals surface area contributed by atoms with Crippen molar-refractivity contribution in [3.8, 4) is 0 Å². The highest BCUT2D eigenvalue weighted by Crippen LogP contribution is 1.98. The molecule has 1 amide bonds. The van der Waals surface area contributed by atoms with Gasteiger partial charge in [0.1, 0.15) is 19.8 Å². The van der Waals surface area contributed by atoms with Crippen LogP contribution in [0.5, 0.6) is 0 Å². The van der Waals surface area contributed by atoms with E-state index >= 15 is 0 Å².